The normalized spacial score (nSPS) is 15.4. The Bertz CT molecular complexity index is 510. The Hall–Kier alpha value is -1.57. The SMILES string of the molecule is CC.CCC(=O)Oc1ccc2c(c1)C(C)=CCC2(C)C. The van der Waals surface area contributed by atoms with Gasteiger partial charge in [-0.05, 0) is 47.6 Å². The van der Waals surface area contributed by atoms with Crippen molar-refractivity contribution in [2.45, 2.75) is 59.8 Å². The van der Waals surface area contributed by atoms with Crippen molar-refractivity contribution in [1.29, 1.82) is 0 Å². The lowest BCUT2D eigenvalue weighted by atomic mass is 9.74. The van der Waals surface area contributed by atoms with Gasteiger partial charge in [0, 0.05) is 6.42 Å². The molecule has 1 aromatic carbocycles. The zero-order chi connectivity index (χ0) is 15.3. The predicted molar refractivity (Wildman–Crippen MR) is 85.0 cm³/mol. The number of allylic oxidation sites excluding steroid dienone is 2. The van der Waals surface area contributed by atoms with E-state index in [1.165, 1.54) is 16.7 Å². The number of hydrogen-bond acceptors (Lipinski definition) is 2. The van der Waals surface area contributed by atoms with E-state index in [0.29, 0.717) is 12.2 Å². The number of fused-ring (bicyclic) bond motifs is 1. The fraction of sp³-hybridized carbons (Fsp3) is 0.500. The highest BCUT2D eigenvalue weighted by Gasteiger charge is 2.27. The van der Waals surface area contributed by atoms with Crippen molar-refractivity contribution in [3.63, 3.8) is 0 Å². The molecule has 0 heterocycles. The van der Waals surface area contributed by atoms with Crippen molar-refractivity contribution in [1.82, 2.24) is 0 Å². The smallest absolute Gasteiger partial charge is 0.310 e. The summed E-state index contributed by atoms with van der Waals surface area (Å²) in [6.07, 6.45) is 3.71. The zero-order valence-electron chi connectivity index (χ0n) is 13.5. The van der Waals surface area contributed by atoms with E-state index in [0.717, 1.165) is 6.42 Å². The molecule has 20 heavy (non-hydrogen) atoms. The van der Waals surface area contributed by atoms with Gasteiger partial charge >= 0.3 is 5.97 Å². The molecule has 0 amide bonds. The van der Waals surface area contributed by atoms with Gasteiger partial charge in [-0.2, -0.15) is 0 Å². The molecule has 0 atom stereocenters. The van der Waals surface area contributed by atoms with Crippen LogP contribution in [0.3, 0.4) is 0 Å². The summed E-state index contributed by atoms with van der Waals surface area (Å²) in [6, 6.07) is 5.96. The van der Waals surface area contributed by atoms with Gasteiger partial charge in [-0.1, -0.05) is 46.8 Å². The molecule has 0 fully saturated rings. The minimum Gasteiger partial charge on any atom is -0.427 e. The molecule has 0 bridgehead atoms. The molecule has 0 saturated heterocycles. The standard InChI is InChI=1S/C16H20O2.C2H6/c1-5-15(17)18-12-6-7-14-13(10-12)11(2)8-9-16(14,3)4;1-2/h6-8,10H,5,9H2,1-4H3;1-2H3. The summed E-state index contributed by atoms with van der Waals surface area (Å²) in [4.78, 5) is 11.3. The van der Waals surface area contributed by atoms with Crippen LogP contribution in [0.2, 0.25) is 0 Å². The second-order valence-corrected chi connectivity index (χ2v) is 5.51. The summed E-state index contributed by atoms with van der Waals surface area (Å²) < 4.78 is 5.28. The molecule has 0 saturated carbocycles. The number of carbonyl (C=O) groups is 1. The van der Waals surface area contributed by atoms with Crippen LogP contribution in [-0.2, 0) is 10.2 Å². The van der Waals surface area contributed by atoms with Crippen LogP contribution >= 0.6 is 0 Å². The molecule has 110 valence electrons. The van der Waals surface area contributed by atoms with Crippen LogP contribution < -0.4 is 4.74 Å². The quantitative estimate of drug-likeness (QED) is 0.553. The Kier molecular flexibility index (Phi) is 5.55. The van der Waals surface area contributed by atoms with E-state index < -0.39 is 0 Å². The van der Waals surface area contributed by atoms with Crippen molar-refractivity contribution in [2.75, 3.05) is 0 Å². The van der Waals surface area contributed by atoms with Crippen LogP contribution in [0.4, 0.5) is 0 Å². The first-order chi connectivity index (χ1) is 9.44. The highest BCUT2D eigenvalue weighted by Crippen LogP contribution is 2.40. The van der Waals surface area contributed by atoms with E-state index in [1.54, 1.807) is 6.92 Å². The van der Waals surface area contributed by atoms with Crippen LogP contribution in [0.25, 0.3) is 5.57 Å². The van der Waals surface area contributed by atoms with E-state index in [4.69, 9.17) is 4.74 Å². The van der Waals surface area contributed by atoms with Crippen molar-refractivity contribution >= 4 is 11.5 Å². The Balaban J connectivity index is 0.000000956. The number of hydrogen-bond donors (Lipinski definition) is 0. The van der Waals surface area contributed by atoms with Crippen LogP contribution in [0, 0.1) is 0 Å². The maximum Gasteiger partial charge on any atom is 0.310 e. The average molecular weight is 274 g/mol. The van der Waals surface area contributed by atoms with Crippen LogP contribution in [0.15, 0.2) is 24.3 Å². The molecular weight excluding hydrogens is 248 g/mol. The summed E-state index contributed by atoms with van der Waals surface area (Å²) in [5.41, 5.74) is 3.95. The molecule has 2 heteroatoms. The zero-order valence-corrected chi connectivity index (χ0v) is 13.5. The molecular formula is C18H26O2. The van der Waals surface area contributed by atoms with Gasteiger partial charge in [0.2, 0.25) is 0 Å². The number of carbonyl (C=O) groups excluding carboxylic acids is 1. The monoisotopic (exact) mass is 274 g/mol. The number of ether oxygens (including phenoxy) is 1. The van der Waals surface area contributed by atoms with Gasteiger partial charge in [0.1, 0.15) is 5.75 Å². The largest absolute Gasteiger partial charge is 0.427 e. The molecule has 0 unspecified atom stereocenters. The number of rotatable bonds is 2. The molecule has 1 aromatic rings. The third kappa shape index (κ3) is 3.50. The van der Waals surface area contributed by atoms with E-state index >= 15 is 0 Å². The minimum atomic E-state index is -0.188. The lowest BCUT2D eigenvalue weighted by Crippen LogP contribution is -2.21. The van der Waals surface area contributed by atoms with Crippen molar-refractivity contribution in [3.8, 4) is 5.75 Å². The Morgan fingerprint density at radius 2 is 1.95 bits per heavy atom. The predicted octanol–water partition coefficient (Wildman–Crippen LogP) is 5.11. The maximum atomic E-state index is 11.3. The lowest BCUT2D eigenvalue weighted by molar-refractivity contribution is -0.134. The van der Waals surface area contributed by atoms with Crippen LogP contribution in [0.1, 0.15) is 65.5 Å². The minimum absolute atomic E-state index is 0.155. The summed E-state index contributed by atoms with van der Waals surface area (Å²) in [5.74, 6) is 0.456. The van der Waals surface area contributed by atoms with Crippen molar-refractivity contribution in [2.24, 2.45) is 0 Å². The fourth-order valence-corrected chi connectivity index (χ4v) is 2.34. The molecule has 2 rings (SSSR count). The van der Waals surface area contributed by atoms with Crippen molar-refractivity contribution < 1.29 is 9.53 Å². The van der Waals surface area contributed by atoms with Gasteiger partial charge in [-0.25, -0.2) is 0 Å². The fourth-order valence-electron chi connectivity index (χ4n) is 2.34. The first-order valence-corrected chi connectivity index (χ1v) is 7.46. The Labute approximate surface area is 122 Å². The Morgan fingerprint density at radius 3 is 2.55 bits per heavy atom. The van der Waals surface area contributed by atoms with Gasteiger partial charge in [-0.15, -0.1) is 0 Å². The highest BCUT2D eigenvalue weighted by atomic mass is 16.5. The van der Waals surface area contributed by atoms with Gasteiger partial charge in [0.25, 0.3) is 0 Å². The molecule has 2 nitrogen and oxygen atoms in total. The third-order valence-electron chi connectivity index (χ3n) is 3.58. The molecule has 1 aliphatic carbocycles. The van der Waals surface area contributed by atoms with Gasteiger partial charge in [0.15, 0.2) is 0 Å². The van der Waals surface area contributed by atoms with Gasteiger partial charge < -0.3 is 4.74 Å². The molecule has 0 aliphatic heterocycles. The average Bonchev–Trinajstić information content (AvgIpc) is 2.45. The topological polar surface area (TPSA) is 26.3 Å². The van der Waals surface area contributed by atoms with E-state index in [2.05, 4.69) is 32.9 Å². The summed E-state index contributed by atoms with van der Waals surface area (Å²) in [7, 11) is 0. The number of benzene rings is 1. The molecule has 1 aliphatic rings. The summed E-state index contributed by atoms with van der Waals surface area (Å²) >= 11 is 0. The summed E-state index contributed by atoms with van der Waals surface area (Å²) in [5, 5.41) is 0. The van der Waals surface area contributed by atoms with E-state index in [1.807, 2.05) is 26.0 Å². The van der Waals surface area contributed by atoms with Crippen LogP contribution in [-0.4, -0.2) is 5.97 Å². The van der Waals surface area contributed by atoms with Gasteiger partial charge in [0.05, 0.1) is 0 Å². The Morgan fingerprint density at radius 1 is 1.30 bits per heavy atom. The molecule has 0 spiro atoms. The first-order valence-electron chi connectivity index (χ1n) is 7.46. The van der Waals surface area contributed by atoms with E-state index in [9.17, 15) is 4.79 Å². The second-order valence-electron chi connectivity index (χ2n) is 5.51. The third-order valence-corrected chi connectivity index (χ3v) is 3.58. The lowest BCUT2D eigenvalue weighted by Gasteiger charge is -2.31. The molecule has 0 aromatic heterocycles. The van der Waals surface area contributed by atoms with E-state index in [-0.39, 0.29) is 11.4 Å². The maximum absolute atomic E-state index is 11.3. The molecule has 0 radical (unpaired) electrons. The van der Waals surface area contributed by atoms with Crippen molar-refractivity contribution in [3.05, 3.63) is 35.4 Å². The summed E-state index contributed by atoms with van der Waals surface area (Å²) in [6.45, 7) is 12.4. The van der Waals surface area contributed by atoms with Crippen LogP contribution in [0.5, 0.6) is 5.75 Å². The first kappa shape index (κ1) is 16.5. The molecule has 0 N–H and O–H groups in total. The van der Waals surface area contributed by atoms with Gasteiger partial charge in [-0.3, -0.25) is 4.79 Å². The second kappa shape index (κ2) is 6.74. The number of esters is 1. The highest BCUT2D eigenvalue weighted by molar-refractivity contribution is 5.75.